The predicted molar refractivity (Wildman–Crippen MR) is 127 cm³/mol. The van der Waals surface area contributed by atoms with Gasteiger partial charge in [0.15, 0.2) is 0 Å². The molecule has 0 heterocycles. The van der Waals surface area contributed by atoms with Crippen molar-refractivity contribution >= 4 is 16.7 Å². The molecule has 0 aromatic heterocycles. The van der Waals surface area contributed by atoms with Gasteiger partial charge in [-0.3, -0.25) is 4.79 Å². The Morgan fingerprint density at radius 3 is 2.48 bits per heavy atom. The fourth-order valence-corrected chi connectivity index (χ4v) is 3.41. The van der Waals surface area contributed by atoms with Crippen LogP contribution < -0.4 is 10.5 Å². The van der Waals surface area contributed by atoms with Crippen LogP contribution in [0.25, 0.3) is 10.4 Å². The van der Waals surface area contributed by atoms with E-state index in [4.69, 9.17) is 20.7 Å². The van der Waals surface area contributed by atoms with Gasteiger partial charge in [0.25, 0.3) is 0 Å². The molecule has 0 aliphatic carbocycles. The Morgan fingerprint density at radius 2 is 1.85 bits per heavy atom. The highest BCUT2D eigenvalue weighted by Crippen LogP contribution is 2.29. The second kappa shape index (κ2) is 13.5. The molecule has 1 unspecified atom stereocenters. The van der Waals surface area contributed by atoms with E-state index in [0.29, 0.717) is 25.3 Å². The van der Waals surface area contributed by atoms with Crippen LogP contribution in [0.4, 0.5) is 0 Å². The molecule has 0 saturated carbocycles. The first kappa shape index (κ1) is 26.2. The van der Waals surface area contributed by atoms with Crippen LogP contribution >= 0.6 is 0 Å². The zero-order valence-electron chi connectivity index (χ0n) is 18.6. The molecule has 33 heavy (non-hydrogen) atoms. The summed E-state index contributed by atoms with van der Waals surface area (Å²) in [5, 5.41) is 2.73. The number of azide groups is 1. The smallest absolute Gasteiger partial charge is 0.308 e. The predicted octanol–water partition coefficient (Wildman–Crippen LogP) is 3.49. The molecule has 0 fully saturated rings. The number of hydrogen-bond donors (Lipinski definition) is 2. The minimum Gasteiger partial charge on any atom is -0.494 e. The zero-order valence-corrected chi connectivity index (χ0v) is 19.5. The highest BCUT2D eigenvalue weighted by atomic mass is 32.2. The van der Waals surface area contributed by atoms with E-state index >= 15 is 0 Å². The molecular formula is C23H30N4O5S. The summed E-state index contributed by atoms with van der Waals surface area (Å²) in [5.74, 6) is 0.109. The van der Waals surface area contributed by atoms with Gasteiger partial charge in [-0.25, -0.2) is 8.42 Å². The van der Waals surface area contributed by atoms with E-state index in [0.717, 1.165) is 24.0 Å². The van der Waals surface area contributed by atoms with Crippen LogP contribution in [0.5, 0.6) is 5.75 Å². The Hall–Kier alpha value is -3.07. The van der Waals surface area contributed by atoms with Gasteiger partial charge in [-0.05, 0) is 55.0 Å². The van der Waals surface area contributed by atoms with Crippen molar-refractivity contribution in [2.75, 3.05) is 19.8 Å². The molecular weight excluding hydrogens is 444 g/mol. The number of rotatable bonds is 14. The summed E-state index contributed by atoms with van der Waals surface area (Å²) < 4.78 is 32.9. The summed E-state index contributed by atoms with van der Waals surface area (Å²) in [5.41, 5.74) is 15.7. The summed E-state index contributed by atoms with van der Waals surface area (Å²) in [6, 6.07) is 16.8. The standard InChI is InChI=1S/C23H30N4O5S/c1-18(33(29)30)17-32-22(28)16-23(24,15-19-7-3-2-4-8-19)20-9-11-21(12-10-20)31-14-6-5-13-26-27-25/h2-4,7-12,18,33H,5-6,13-17,24H2,1H3/t18-,23?/m0/s1. The van der Waals surface area contributed by atoms with E-state index in [1.54, 1.807) is 12.1 Å². The van der Waals surface area contributed by atoms with Gasteiger partial charge in [0, 0.05) is 11.5 Å². The summed E-state index contributed by atoms with van der Waals surface area (Å²) in [4.78, 5) is 15.2. The van der Waals surface area contributed by atoms with Crippen LogP contribution in [0.1, 0.15) is 37.3 Å². The first-order valence-corrected chi connectivity index (χ1v) is 11.9. The number of benzene rings is 2. The number of carbonyl (C=O) groups is 1. The van der Waals surface area contributed by atoms with E-state index in [-0.39, 0.29) is 13.0 Å². The summed E-state index contributed by atoms with van der Waals surface area (Å²) in [6.45, 7) is 2.21. The van der Waals surface area contributed by atoms with Crippen LogP contribution in [0.15, 0.2) is 59.7 Å². The van der Waals surface area contributed by atoms with Crippen molar-refractivity contribution in [2.45, 2.75) is 43.4 Å². The molecule has 0 aliphatic heterocycles. The number of nitrogens with zero attached hydrogens (tertiary/aromatic N) is 3. The van der Waals surface area contributed by atoms with Crippen LogP contribution in [0.3, 0.4) is 0 Å². The minimum atomic E-state index is -2.67. The van der Waals surface area contributed by atoms with E-state index in [1.165, 1.54) is 6.92 Å². The van der Waals surface area contributed by atoms with Gasteiger partial charge in [0.2, 0.25) is 0 Å². The van der Waals surface area contributed by atoms with Gasteiger partial charge in [-0.2, -0.15) is 0 Å². The maximum Gasteiger partial charge on any atom is 0.308 e. The Bertz CT molecular complexity index is 999. The number of thiol groups is 1. The highest BCUT2D eigenvalue weighted by molar-refractivity contribution is 7.73. The molecule has 0 radical (unpaired) electrons. The molecule has 2 aromatic rings. The normalized spacial score (nSPS) is 13.5. The average Bonchev–Trinajstić information content (AvgIpc) is 2.80. The molecule has 178 valence electrons. The van der Waals surface area contributed by atoms with Crippen molar-refractivity contribution < 1.29 is 22.7 Å². The highest BCUT2D eigenvalue weighted by Gasteiger charge is 2.32. The molecule has 0 saturated heterocycles. The van der Waals surface area contributed by atoms with E-state index in [9.17, 15) is 13.2 Å². The Morgan fingerprint density at radius 1 is 1.15 bits per heavy atom. The van der Waals surface area contributed by atoms with Crippen LogP contribution in [-0.4, -0.2) is 39.4 Å². The minimum absolute atomic E-state index is 0.107. The number of ether oxygens (including phenoxy) is 2. The molecule has 0 aliphatic rings. The SMILES string of the molecule is C[C@@H](COC(=O)CC(N)(Cc1ccccc1)c1ccc(OCCCCN=[N+]=[N-])cc1)[SH](=O)=O. The first-order valence-electron chi connectivity index (χ1n) is 10.7. The molecule has 10 heteroatoms. The topological polar surface area (TPSA) is 144 Å². The van der Waals surface area contributed by atoms with E-state index in [2.05, 4.69) is 10.0 Å². The van der Waals surface area contributed by atoms with Gasteiger partial charge in [0.1, 0.15) is 23.1 Å². The lowest BCUT2D eigenvalue weighted by molar-refractivity contribution is -0.145. The number of carbonyl (C=O) groups excluding carboxylic acids is 1. The van der Waals surface area contributed by atoms with Crippen LogP contribution in [0.2, 0.25) is 0 Å². The molecule has 2 atom stereocenters. The second-order valence-corrected chi connectivity index (χ2v) is 9.30. The average molecular weight is 475 g/mol. The zero-order chi connectivity index (χ0) is 24.1. The Kier molecular flexibility index (Phi) is 10.7. The molecule has 0 amide bonds. The quantitative estimate of drug-likeness (QED) is 0.107. The van der Waals surface area contributed by atoms with E-state index in [1.807, 2.05) is 42.5 Å². The molecule has 0 spiro atoms. The van der Waals surface area contributed by atoms with Crippen LogP contribution in [0, 0.1) is 0 Å². The largest absolute Gasteiger partial charge is 0.494 e. The fourth-order valence-electron chi connectivity index (χ4n) is 3.21. The Balaban J connectivity index is 2.09. The molecule has 2 rings (SSSR count). The molecule has 0 bridgehead atoms. The third-order valence-electron chi connectivity index (χ3n) is 5.08. The lowest BCUT2D eigenvalue weighted by Gasteiger charge is -2.30. The second-order valence-electron chi connectivity index (χ2n) is 7.85. The van der Waals surface area contributed by atoms with Gasteiger partial charge in [0.05, 0.1) is 23.8 Å². The van der Waals surface area contributed by atoms with Crippen molar-refractivity contribution in [1.82, 2.24) is 0 Å². The number of esters is 1. The van der Waals surface area contributed by atoms with Gasteiger partial charge < -0.3 is 15.2 Å². The maximum absolute atomic E-state index is 12.5. The Labute approximate surface area is 195 Å². The third kappa shape index (κ3) is 9.13. The molecule has 2 N–H and O–H groups in total. The molecule has 9 nitrogen and oxygen atoms in total. The van der Waals surface area contributed by atoms with Gasteiger partial charge >= 0.3 is 5.97 Å². The molecule has 2 aromatic carbocycles. The maximum atomic E-state index is 12.5. The number of unbranched alkanes of at least 4 members (excludes halogenated alkanes) is 1. The van der Waals surface area contributed by atoms with Crippen molar-refractivity contribution in [2.24, 2.45) is 10.8 Å². The number of nitrogens with two attached hydrogens (primary N) is 1. The summed E-state index contributed by atoms with van der Waals surface area (Å²) >= 11 is 0. The van der Waals surface area contributed by atoms with Crippen molar-refractivity contribution in [1.29, 1.82) is 0 Å². The third-order valence-corrected chi connectivity index (χ3v) is 5.95. The van der Waals surface area contributed by atoms with Gasteiger partial charge in [-0.15, -0.1) is 0 Å². The summed E-state index contributed by atoms with van der Waals surface area (Å²) in [6.07, 6.45) is 1.79. The number of hydrogen-bond acceptors (Lipinski definition) is 7. The lowest BCUT2D eigenvalue weighted by Crippen LogP contribution is -2.42. The van der Waals surface area contributed by atoms with Crippen molar-refractivity contribution in [3.05, 3.63) is 76.2 Å². The van der Waals surface area contributed by atoms with Crippen LogP contribution in [-0.2, 0) is 32.2 Å². The monoisotopic (exact) mass is 474 g/mol. The van der Waals surface area contributed by atoms with Crippen molar-refractivity contribution in [3.63, 3.8) is 0 Å². The fraction of sp³-hybridized carbons (Fsp3) is 0.435. The first-order chi connectivity index (χ1) is 15.8. The van der Waals surface area contributed by atoms with E-state index < -0.39 is 27.5 Å². The van der Waals surface area contributed by atoms with Crippen molar-refractivity contribution in [3.8, 4) is 5.75 Å². The lowest BCUT2D eigenvalue weighted by atomic mass is 9.82. The summed E-state index contributed by atoms with van der Waals surface area (Å²) in [7, 11) is -2.67. The van der Waals surface area contributed by atoms with Gasteiger partial charge in [-0.1, -0.05) is 47.6 Å².